The smallest absolute Gasteiger partial charge is 0.418 e. The first-order chi connectivity index (χ1) is 16.6. The second-order valence-corrected chi connectivity index (χ2v) is 8.83. The Hall–Kier alpha value is -3.42. The standard InChI is InChI=1S/C22H18F7N3O4/c1-8-6-31-12(17(30)33)5-11(8)32-18(34)16-13(20(2)7-21(20,36-16)22(27,28)29)9-3-4-10(23)14(24)15(9)35-19(25)26/h3-6,13,16,19H,7H2,1-2H3,(H2,30,33)(H,31,32,34)/t13-,16+,20+,21+/m0/s1. The van der Waals surface area contributed by atoms with Gasteiger partial charge in [-0.15, -0.1) is 0 Å². The highest BCUT2D eigenvalue weighted by molar-refractivity contribution is 5.98. The summed E-state index contributed by atoms with van der Waals surface area (Å²) in [5.41, 5.74) is -0.151. The van der Waals surface area contributed by atoms with Crippen LogP contribution in [0, 0.1) is 24.0 Å². The van der Waals surface area contributed by atoms with Gasteiger partial charge in [0.25, 0.3) is 11.8 Å². The minimum absolute atomic E-state index is 0.0349. The number of amides is 2. The SMILES string of the molecule is Cc1cnc(C(N)=O)cc1NC(=O)[C@@H]1O[C@]2(C(F)(F)F)C[C@]2(C)[C@H]1c1ccc(F)c(F)c1OC(F)F. The largest absolute Gasteiger partial charge is 0.431 e. The van der Waals surface area contributed by atoms with Gasteiger partial charge >= 0.3 is 12.8 Å². The maximum Gasteiger partial charge on any atom is 0.418 e. The number of primary amides is 1. The fourth-order valence-electron chi connectivity index (χ4n) is 4.83. The monoisotopic (exact) mass is 521 g/mol. The van der Waals surface area contributed by atoms with Crippen molar-refractivity contribution < 1.29 is 49.8 Å². The van der Waals surface area contributed by atoms with E-state index in [0.717, 1.165) is 19.1 Å². The first kappa shape index (κ1) is 25.7. The van der Waals surface area contributed by atoms with Gasteiger partial charge in [-0.05, 0) is 31.0 Å². The molecule has 14 heteroatoms. The minimum Gasteiger partial charge on any atom is -0.431 e. The summed E-state index contributed by atoms with van der Waals surface area (Å²) in [5.74, 6) is -8.52. The summed E-state index contributed by atoms with van der Waals surface area (Å²) >= 11 is 0. The molecule has 1 aromatic carbocycles. The number of benzene rings is 1. The predicted octanol–water partition coefficient (Wildman–Crippen LogP) is 4.20. The molecule has 2 heterocycles. The number of nitrogens with zero attached hydrogens (tertiary/aromatic N) is 1. The van der Waals surface area contributed by atoms with Gasteiger partial charge in [0.15, 0.2) is 17.2 Å². The Kier molecular flexibility index (Phi) is 5.93. The molecule has 0 unspecified atom stereocenters. The van der Waals surface area contributed by atoms with Crippen LogP contribution in [0.3, 0.4) is 0 Å². The van der Waals surface area contributed by atoms with E-state index < -0.39 is 77.0 Å². The lowest BCUT2D eigenvalue weighted by atomic mass is 9.79. The van der Waals surface area contributed by atoms with Crippen molar-refractivity contribution in [3.63, 3.8) is 0 Å². The van der Waals surface area contributed by atoms with Gasteiger partial charge in [0.05, 0.1) is 0 Å². The van der Waals surface area contributed by atoms with E-state index in [0.29, 0.717) is 11.6 Å². The van der Waals surface area contributed by atoms with Gasteiger partial charge in [-0.2, -0.15) is 26.3 Å². The third kappa shape index (κ3) is 3.83. The number of pyridine rings is 1. The molecule has 1 aliphatic carbocycles. The molecule has 2 fully saturated rings. The van der Waals surface area contributed by atoms with Crippen LogP contribution >= 0.6 is 0 Å². The molecule has 194 valence electrons. The number of aryl methyl sites for hydroxylation is 1. The zero-order chi connectivity index (χ0) is 26.8. The maximum atomic E-state index is 14.5. The second-order valence-electron chi connectivity index (χ2n) is 8.83. The molecule has 1 aromatic heterocycles. The third-order valence-electron chi connectivity index (χ3n) is 6.68. The van der Waals surface area contributed by atoms with Gasteiger partial charge in [0, 0.05) is 28.8 Å². The van der Waals surface area contributed by atoms with Gasteiger partial charge in [0.1, 0.15) is 11.8 Å². The lowest BCUT2D eigenvalue weighted by Crippen LogP contribution is -2.39. The number of hydrogen-bond donors (Lipinski definition) is 2. The number of carbonyl (C=O) groups excluding carboxylic acids is 2. The van der Waals surface area contributed by atoms with Crippen LogP contribution in [-0.4, -0.2) is 41.3 Å². The van der Waals surface area contributed by atoms with Crippen molar-refractivity contribution in [2.45, 2.75) is 50.7 Å². The highest BCUT2D eigenvalue weighted by Crippen LogP contribution is 2.77. The van der Waals surface area contributed by atoms with Crippen molar-refractivity contribution in [2.75, 3.05) is 5.32 Å². The predicted molar refractivity (Wildman–Crippen MR) is 108 cm³/mol. The Morgan fingerprint density at radius 3 is 2.53 bits per heavy atom. The summed E-state index contributed by atoms with van der Waals surface area (Å²) in [7, 11) is 0. The molecule has 36 heavy (non-hydrogen) atoms. The molecule has 2 aliphatic rings. The molecule has 0 spiro atoms. The first-order valence-corrected chi connectivity index (χ1v) is 10.4. The zero-order valence-electron chi connectivity index (χ0n) is 18.6. The third-order valence-corrected chi connectivity index (χ3v) is 6.68. The second kappa shape index (κ2) is 8.32. The number of nitrogens with one attached hydrogen (secondary N) is 1. The molecule has 0 bridgehead atoms. The number of hydrogen-bond acceptors (Lipinski definition) is 5. The van der Waals surface area contributed by atoms with E-state index >= 15 is 0 Å². The Morgan fingerprint density at radius 1 is 1.28 bits per heavy atom. The Balaban J connectivity index is 1.81. The topological polar surface area (TPSA) is 104 Å². The number of fused-ring (bicyclic) bond motifs is 1. The average Bonchev–Trinajstić information content (AvgIpc) is 3.30. The van der Waals surface area contributed by atoms with Crippen molar-refractivity contribution >= 4 is 17.5 Å². The fourth-order valence-corrected chi connectivity index (χ4v) is 4.83. The van der Waals surface area contributed by atoms with Crippen LogP contribution in [0.25, 0.3) is 0 Å². The highest BCUT2D eigenvalue weighted by atomic mass is 19.4. The van der Waals surface area contributed by atoms with Crippen LogP contribution in [-0.2, 0) is 9.53 Å². The van der Waals surface area contributed by atoms with E-state index in [1.807, 2.05) is 0 Å². The highest BCUT2D eigenvalue weighted by Gasteiger charge is 2.87. The van der Waals surface area contributed by atoms with E-state index in [4.69, 9.17) is 10.5 Å². The van der Waals surface area contributed by atoms with Crippen LogP contribution in [0.15, 0.2) is 24.4 Å². The van der Waals surface area contributed by atoms with Crippen LogP contribution in [0.5, 0.6) is 5.75 Å². The number of alkyl halides is 5. The van der Waals surface area contributed by atoms with E-state index in [1.165, 1.54) is 13.1 Å². The molecule has 2 aromatic rings. The number of ether oxygens (including phenoxy) is 2. The molecule has 4 atom stereocenters. The van der Waals surface area contributed by atoms with Crippen molar-refractivity contribution in [3.05, 3.63) is 52.9 Å². The van der Waals surface area contributed by atoms with E-state index in [1.54, 1.807) is 0 Å². The van der Waals surface area contributed by atoms with E-state index in [-0.39, 0.29) is 11.4 Å². The molecular formula is C22H18F7N3O4. The number of aromatic nitrogens is 1. The maximum absolute atomic E-state index is 14.5. The van der Waals surface area contributed by atoms with Gasteiger partial charge in [-0.3, -0.25) is 14.6 Å². The molecule has 7 nitrogen and oxygen atoms in total. The van der Waals surface area contributed by atoms with E-state index in [2.05, 4.69) is 15.0 Å². The van der Waals surface area contributed by atoms with Gasteiger partial charge in [-0.1, -0.05) is 13.0 Å². The molecule has 1 saturated carbocycles. The van der Waals surface area contributed by atoms with Crippen molar-refractivity contribution in [2.24, 2.45) is 11.1 Å². The van der Waals surface area contributed by atoms with E-state index in [9.17, 15) is 40.3 Å². The van der Waals surface area contributed by atoms with Gasteiger partial charge in [-0.25, -0.2) is 4.39 Å². The molecule has 3 N–H and O–H groups in total. The van der Waals surface area contributed by atoms with Crippen molar-refractivity contribution in [3.8, 4) is 5.75 Å². The molecule has 0 radical (unpaired) electrons. The number of halogens is 7. The quantitative estimate of drug-likeness (QED) is 0.555. The lowest BCUT2D eigenvalue weighted by molar-refractivity contribution is -0.240. The molecular weight excluding hydrogens is 503 g/mol. The molecule has 1 aliphatic heterocycles. The van der Waals surface area contributed by atoms with Crippen molar-refractivity contribution in [1.82, 2.24) is 4.98 Å². The molecule has 4 rings (SSSR count). The normalized spacial score (nSPS) is 27.1. The fraction of sp³-hybridized carbons (Fsp3) is 0.409. The summed E-state index contributed by atoms with van der Waals surface area (Å²) < 4.78 is 106. The summed E-state index contributed by atoms with van der Waals surface area (Å²) in [6.07, 6.45) is -6.45. The average molecular weight is 521 g/mol. The summed E-state index contributed by atoms with van der Waals surface area (Å²) in [4.78, 5) is 28.4. The lowest BCUT2D eigenvalue weighted by Gasteiger charge is -2.27. The van der Waals surface area contributed by atoms with Crippen LogP contribution in [0.4, 0.5) is 36.4 Å². The van der Waals surface area contributed by atoms with Gasteiger partial charge < -0.3 is 20.5 Å². The summed E-state index contributed by atoms with van der Waals surface area (Å²) in [6, 6.07) is 2.40. The summed E-state index contributed by atoms with van der Waals surface area (Å²) in [5, 5.41) is 2.32. The van der Waals surface area contributed by atoms with Gasteiger partial charge in [0.2, 0.25) is 5.82 Å². The number of rotatable bonds is 6. The molecule has 1 saturated heterocycles. The zero-order valence-corrected chi connectivity index (χ0v) is 18.6. The minimum atomic E-state index is -4.98. The Labute approximate surface area is 198 Å². The Morgan fingerprint density at radius 2 is 1.94 bits per heavy atom. The van der Waals surface area contributed by atoms with Crippen LogP contribution in [0.2, 0.25) is 0 Å². The number of anilines is 1. The Bertz CT molecular complexity index is 1250. The van der Waals surface area contributed by atoms with Crippen molar-refractivity contribution in [1.29, 1.82) is 0 Å². The number of carbonyl (C=O) groups is 2. The molecule has 2 amide bonds. The summed E-state index contributed by atoms with van der Waals surface area (Å²) in [6.45, 7) is -1.06. The van der Waals surface area contributed by atoms with Crippen LogP contribution in [0.1, 0.15) is 40.9 Å². The first-order valence-electron chi connectivity index (χ1n) is 10.4. The number of nitrogens with two attached hydrogens (primary N) is 1. The van der Waals surface area contributed by atoms with Crippen LogP contribution < -0.4 is 15.8 Å².